The molecule has 1 fully saturated rings. The van der Waals surface area contributed by atoms with E-state index in [0.29, 0.717) is 13.2 Å². The third-order valence-corrected chi connectivity index (χ3v) is 3.60. The molecule has 0 spiro atoms. The topological polar surface area (TPSA) is 29.5 Å². The smallest absolute Gasteiger partial charge is 0.0864 e. The maximum atomic E-state index is 9.60. The number of aliphatic hydroxyl groups excluding tert-OH is 1. The number of thiophene rings is 1. The molecule has 0 saturated carbocycles. The molecule has 0 aliphatic carbocycles. The predicted molar refractivity (Wildman–Crippen MR) is 53.3 cm³/mol. The van der Waals surface area contributed by atoms with Gasteiger partial charge in [0, 0.05) is 10.8 Å². The van der Waals surface area contributed by atoms with E-state index in [1.807, 2.05) is 0 Å². The Morgan fingerprint density at radius 1 is 1.62 bits per heavy atom. The summed E-state index contributed by atoms with van der Waals surface area (Å²) in [7, 11) is 0. The minimum absolute atomic E-state index is 0.205. The molecule has 2 atom stereocenters. The SMILES string of the molecule is CCc1cc([C@@H]2COC[C@H]2O)cs1. The Kier molecular flexibility index (Phi) is 2.67. The lowest BCUT2D eigenvalue weighted by Gasteiger charge is -2.09. The Morgan fingerprint density at radius 2 is 2.46 bits per heavy atom. The molecule has 1 aliphatic rings. The minimum Gasteiger partial charge on any atom is -0.390 e. The maximum Gasteiger partial charge on any atom is 0.0864 e. The number of hydrogen-bond acceptors (Lipinski definition) is 3. The van der Waals surface area contributed by atoms with Gasteiger partial charge in [-0.2, -0.15) is 0 Å². The molecule has 0 radical (unpaired) electrons. The molecule has 13 heavy (non-hydrogen) atoms. The van der Waals surface area contributed by atoms with Crippen LogP contribution < -0.4 is 0 Å². The highest BCUT2D eigenvalue weighted by atomic mass is 32.1. The summed E-state index contributed by atoms with van der Waals surface area (Å²) in [6.45, 7) is 3.31. The fourth-order valence-electron chi connectivity index (χ4n) is 1.64. The largest absolute Gasteiger partial charge is 0.390 e. The standard InChI is InChI=1S/C10H14O2S/c1-2-8-3-7(6-13-8)9-4-12-5-10(9)11/h3,6,9-11H,2,4-5H2,1H3/t9-,10+/m0/s1. The van der Waals surface area contributed by atoms with Crippen molar-refractivity contribution in [2.45, 2.75) is 25.4 Å². The second kappa shape index (κ2) is 3.78. The molecule has 2 heterocycles. The van der Waals surface area contributed by atoms with E-state index in [1.54, 1.807) is 11.3 Å². The van der Waals surface area contributed by atoms with E-state index >= 15 is 0 Å². The van der Waals surface area contributed by atoms with Crippen LogP contribution in [0.3, 0.4) is 0 Å². The lowest BCUT2D eigenvalue weighted by molar-refractivity contribution is 0.124. The van der Waals surface area contributed by atoms with Gasteiger partial charge in [0.25, 0.3) is 0 Å². The van der Waals surface area contributed by atoms with Crippen LogP contribution in [0.2, 0.25) is 0 Å². The van der Waals surface area contributed by atoms with Gasteiger partial charge in [-0.3, -0.25) is 0 Å². The first kappa shape index (κ1) is 9.19. The van der Waals surface area contributed by atoms with Crippen molar-refractivity contribution in [1.29, 1.82) is 0 Å². The number of ether oxygens (including phenoxy) is 1. The first-order valence-electron chi connectivity index (χ1n) is 4.64. The minimum atomic E-state index is -0.306. The molecule has 1 aromatic heterocycles. The van der Waals surface area contributed by atoms with Crippen molar-refractivity contribution in [3.63, 3.8) is 0 Å². The van der Waals surface area contributed by atoms with Gasteiger partial charge in [-0.25, -0.2) is 0 Å². The number of aryl methyl sites for hydroxylation is 1. The number of aliphatic hydroxyl groups is 1. The van der Waals surface area contributed by atoms with Crippen molar-refractivity contribution < 1.29 is 9.84 Å². The van der Waals surface area contributed by atoms with Crippen LogP contribution in [-0.4, -0.2) is 24.4 Å². The van der Waals surface area contributed by atoms with E-state index in [4.69, 9.17) is 4.74 Å². The Bertz CT molecular complexity index is 282. The fourth-order valence-corrected chi connectivity index (χ4v) is 2.54. The molecule has 72 valence electrons. The number of rotatable bonds is 2. The van der Waals surface area contributed by atoms with E-state index in [-0.39, 0.29) is 12.0 Å². The van der Waals surface area contributed by atoms with Gasteiger partial charge in [-0.15, -0.1) is 11.3 Å². The molecule has 0 unspecified atom stereocenters. The second-order valence-corrected chi connectivity index (χ2v) is 4.41. The second-order valence-electron chi connectivity index (χ2n) is 3.41. The molecule has 0 bridgehead atoms. The van der Waals surface area contributed by atoms with Crippen molar-refractivity contribution in [2.75, 3.05) is 13.2 Å². The zero-order valence-corrected chi connectivity index (χ0v) is 8.51. The van der Waals surface area contributed by atoms with Crippen molar-refractivity contribution in [3.8, 4) is 0 Å². The van der Waals surface area contributed by atoms with E-state index in [2.05, 4.69) is 18.4 Å². The van der Waals surface area contributed by atoms with Gasteiger partial charge < -0.3 is 9.84 Å². The Morgan fingerprint density at radius 3 is 3.00 bits per heavy atom. The third kappa shape index (κ3) is 1.77. The first-order chi connectivity index (χ1) is 6.31. The monoisotopic (exact) mass is 198 g/mol. The molecule has 1 saturated heterocycles. The van der Waals surface area contributed by atoms with E-state index in [1.165, 1.54) is 10.4 Å². The van der Waals surface area contributed by atoms with Gasteiger partial charge in [-0.1, -0.05) is 6.92 Å². The molecule has 1 aromatic rings. The third-order valence-electron chi connectivity index (χ3n) is 2.50. The normalized spacial score (nSPS) is 28.2. The average Bonchev–Trinajstić information content (AvgIpc) is 2.71. The fraction of sp³-hybridized carbons (Fsp3) is 0.600. The van der Waals surface area contributed by atoms with Gasteiger partial charge in [0.1, 0.15) is 0 Å². The lowest BCUT2D eigenvalue weighted by atomic mass is 9.99. The predicted octanol–water partition coefficient (Wildman–Crippen LogP) is 1.79. The van der Waals surface area contributed by atoms with Gasteiger partial charge in [0.05, 0.1) is 19.3 Å². The molecule has 0 amide bonds. The summed E-state index contributed by atoms with van der Waals surface area (Å²) in [5.74, 6) is 0.205. The van der Waals surface area contributed by atoms with Crippen LogP contribution in [0.25, 0.3) is 0 Å². The van der Waals surface area contributed by atoms with Gasteiger partial charge in [0.15, 0.2) is 0 Å². The van der Waals surface area contributed by atoms with E-state index in [9.17, 15) is 5.11 Å². The van der Waals surface area contributed by atoms with Gasteiger partial charge in [-0.05, 0) is 23.4 Å². The molecule has 2 nitrogen and oxygen atoms in total. The average molecular weight is 198 g/mol. The van der Waals surface area contributed by atoms with Crippen LogP contribution in [0.4, 0.5) is 0 Å². The molecular weight excluding hydrogens is 184 g/mol. The highest BCUT2D eigenvalue weighted by Gasteiger charge is 2.28. The summed E-state index contributed by atoms with van der Waals surface area (Å²) in [4.78, 5) is 1.38. The summed E-state index contributed by atoms with van der Waals surface area (Å²) in [5.41, 5.74) is 1.24. The van der Waals surface area contributed by atoms with Crippen LogP contribution in [0.1, 0.15) is 23.3 Å². The van der Waals surface area contributed by atoms with E-state index in [0.717, 1.165) is 6.42 Å². The van der Waals surface area contributed by atoms with Crippen molar-refractivity contribution in [2.24, 2.45) is 0 Å². The number of hydrogen-bond donors (Lipinski definition) is 1. The van der Waals surface area contributed by atoms with Crippen molar-refractivity contribution >= 4 is 11.3 Å². The molecule has 1 N–H and O–H groups in total. The van der Waals surface area contributed by atoms with Crippen molar-refractivity contribution in [3.05, 3.63) is 21.9 Å². The zero-order valence-electron chi connectivity index (χ0n) is 7.69. The highest BCUT2D eigenvalue weighted by molar-refractivity contribution is 7.10. The summed E-state index contributed by atoms with van der Waals surface area (Å²) < 4.78 is 5.22. The van der Waals surface area contributed by atoms with Crippen LogP contribution in [0.15, 0.2) is 11.4 Å². The van der Waals surface area contributed by atoms with Crippen LogP contribution in [0.5, 0.6) is 0 Å². The Labute approximate surface area is 82.2 Å². The molecule has 2 rings (SSSR count). The summed E-state index contributed by atoms with van der Waals surface area (Å²) >= 11 is 1.77. The zero-order chi connectivity index (χ0) is 9.26. The lowest BCUT2D eigenvalue weighted by Crippen LogP contribution is -2.14. The van der Waals surface area contributed by atoms with Crippen LogP contribution >= 0.6 is 11.3 Å². The maximum absolute atomic E-state index is 9.60. The molecule has 1 aliphatic heterocycles. The van der Waals surface area contributed by atoms with Crippen LogP contribution in [-0.2, 0) is 11.2 Å². The van der Waals surface area contributed by atoms with Crippen molar-refractivity contribution in [1.82, 2.24) is 0 Å². The Hall–Kier alpha value is -0.380. The summed E-state index contributed by atoms with van der Waals surface area (Å²) in [5, 5.41) is 11.7. The van der Waals surface area contributed by atoms with E-state index < -0.39 is 0 Å². The Balaban J connectivity index is 2.15. The molecule has 0 aromatic carbocycles. The summed E-state index contributed by atoms with van der Waals surface area (Å²) in [6.07, 6.45) is 0.772. The van der Waals surface area contributed by atoms with Gasteiger partial charge >= 0.3 is 0 Å². The molecular formula is C10H14O2S. The highest BCUT2D eigenvalue weighted by Crippen LogP contribution is 2.29. The molecule has 3 heteroatoms. The summed E-state index contributed by atoms with van der Waals surface area (Å²) in [6, 6.07) is 2.19. The van der Waals surface area contributed by atoms with Gasteiger partial charge in [0.2, 0.25) is 0 Å². The first-order valence-corrected chi connectivity index (χ1v) is 5.52. The van der Waals surface area contributed by atoms with Crippen LogP contribution in [0, 0.1) is 0 Å². The quantitative estimate of drug-likeness (QED) is 0.785.